The number of aromatic carboxylic acids is 1. The molecule has 17 heavy (non-hydrogen) atoms. The summed E-state index contributed by atoms with van der Waals surface area (Å²) in [4.78, 5) is 10.5. The van der Waals surface area contributed by atoms with Crippen LogP contribution in [0.1, 0.15) is 28.3 Å². The lowest BCUT2D eigenvalue weighted by atomic mass is 9.72. The fourth-order valence-electron chi connectivity index (χ4n) is 1.83. The van der Waals surface area contributed by atoms with E-state index in [0.29, 0.717) is 0 Å². The van der Waals surface area contributed by atoms with Crippen molar-refractivity contribution in [1.82, 2.24) is 0 Å². The fourth-order valence-corrected chi connectivity index (χ4v) is 1.83. The molecular weight excluding hydrogens is 240 g/mol. The minimum absolute atomic E-state index is 0.0333. The van der Waals surface area contributed by atoms with Crippen molar-refractivity contribution in [3.8, 4) is 0 Å². The second kappa shape index (κ2) is 3.45. The number of rotatable bonds is 2. The van der Waals surface area contributed by atoms with Crippen LogP contribution in [0.5, 0.6) is 0 Å². The number of carboxylic acids is 1. The Morgan fingerprint density at radius 1 is 1.18 bits per heavy atom. The van der Waals surface area contributed by atoms with Crippen molar-refractivity contribution < 1.29 is 27.5 Å². The highest BCUT2D eigenvalue weighted by Gasteiger charge is 2.71. The summed E-state index contributed by atoms with van der Waals surface area (Å²) in [5.41, 5.74) is -0.0333. The second-order valence-corrected chi connectivity index (χ2v) is 4.01. The average Bonchev–Trinajstić information content (AvgIpc) is 2.26. The molecule has 1 fully saturated rings. The zero-order chi connectivity index (χ0) is 12.8. The number of hydrogen-bond acceptors (Lipinski definition) is 1. The minimum atomic E-state index is -4.06. The van der Waals surface area contributed by atoms with Crippen molar-refractivity contribution in [2.24, 2.45) is 0 Å². The van der Waals surface area contributed by atoms with Gasteiger partial charge in [-0.05, 0) is 17.7 Å². The van der Waals surface area contributed by atoms with Gasteiger partial charge in [0.05, 0.1) is 11.5 Å². The summed E-state index contributed by atoms with van der Waals surface area (Å²) in [6.07, 6.45) is -0.910. The van der Waals surface area contributed by atoms with Gasteiger partial charge in [0.15, 0.2) is 0 Å². The molecule has 1 saturated carbocycles. The molecule has 1 N–H and O–H groups in total. The predicted octanol–water partition coefficient (Wildman–Crippen LogP) is 3.14. The molecule has 0 unspecified atom stereocenters. The van der Waals surface area contributed by atoms with Crippen LogP contribution in [0.15, 0.2) is 24.3 Å². The smallest absolute Gasteiger partial charge is 0.335 e. The average molecular weight is 248 g/mol. The third-order valence-electron chi connectivity index (χ3n) is 2.95. The van der Waals surface area contributed by atoms with Crippen LogP contribution in [0.3, 0.4) is 0 Å². The van der Waals surface area contributed by atoms with Crippen molar-refractivity contribution in [2.45, 2.75) is 24.2 Å². The van der Waals surface area contributed by atoms with E-state index in [1.807, 2.05) is 0 Å². The van der Waals surface area contributed by atoms with Crippen LogP contribution in [0.2, 0.25) is 0 Å². The summed E-state index contributed by atoms with van der Waals surface area (Å²) < 4.78 is 51.3. The molecule has 6 heteroatoms. The molecule has 1 aliphatic carbocycles. The molecule has 0 spiro atoms. The van der Waals surface area contributed by atoms with Gasteiger partial charge in [0.1, 0.15) is 0 Å². The molecule has 0 saturated heterocycles. The van der Waals surface area contributed by atoms with Gasteiger partial charge in [0.2, 0.25) is 0 Å². The second-order valence-electron chi connectivity index (χ2n) is 4.01. The first-order valence-corrected chi connectivity index (χ1v) is 4.84. The van der Waals surface area contributed by atoms with E-state index in [1.165, 1.54) is 0 Å². The Morgan fingerprint density at radius 3 is 2.06 bits per heavy atom. The van der Waals surface area contributed by atoms with Crippen molar-refractivity contribution in [3.05, 3.63) is 35.4 Å². The van der Waals surface area contributed by atoms with E-state index in [4.69, 9.17) is 5.11 Å². The Balaban J connectivity index is 2.23. The van der Waals surface area contributed by atoms with Crippen LogP contribution in [-0.2, 0) is 0 Å². The third kappa shape index (κ3) is 1.67. The monoisotopic (exact) mass is 248 g/mol. The van der Waals surface area contributed by atoms with Gasteiger partial charge in [0, 0.05) is 6.42 Å². The maximum absolute atomic E-state index is 13.1. The van der Waals surface area contributed by atoms with Crippen LogP contribution in [0.25, 0.3) is 0 Å². The Morgan fingerprint density at radius 2 is 1.71 bits per heavy atom. The van der Waals surface area contributed by atoms with E-state index >= 15 is 0 Å². The van der Waals surface area contributed by atoms with Crippen LogP contribution in [0, 0.1) is 0 Å². The van der Waals surface area contributed by atoms with Crippen molar-refractivity contribution in [2.75, 3.05) is 0 Å². The SMILES string of the molecule is O=C(O)c1ccc([C@@H]2CC(F)(F)C2(F)F)cc1. The van der Waals surface area contributed by atoms with Gasteiger partial charge in [0.25, 0.3) is 0 Å². The molecule has 0 heterocycles. The summed E-state index contributed by atoms with van der Waals surface area (Å²) in [5, 5.41) is 8.60. The molecule has 1 atom stereocenters. The van der Waals surface area contributed by atoms with Crippen molar-refractivity contribution in [3.63, 3.8) is 0 Å². The maximum Gasteiger partial charge on any atom is 0.335 e. The Bertz CT molecular complexity index is 453. The lowest BCUT2D eigenvalue weighted by Crippen LogP contribution is -2.56. The molecule has 92 valence electrons. The van der Waals surface area contributed by atoms with Crippen LogP contribution in [0.4, 0.5) is 17.6 Å². The molecule has 0 amide bonds. The summed E-state index contributed by atoms with van der Waals surface area (Å²) in [5.74, 6) is -10.8. The Hall–Kier alpha value is -1.59. The van der Waals surface area contributed by atoms with E-state index in [0.717, 1.165) is 24.3 Å². The standard InChI is InChI=1S/C11H8F4O2/c12-10(13)5-8(11(10,14)15)6-1-3-7(4-2-6)9(16)17/h1-4,8H,5H2,(H,16,17)/t8-/m0/s1. The zero-order valence-corrected chi connectivity index (χ0v) is 8.46. The number of halogens is 4. The van der Waals surface area contributed by atoms with Crippen molar-refractivity contribution >= 4 is 5.97 Å². The van der Waals surface area contributed by atoms with Crippen LogP contribution in [-0.4, -0.2) is 22.9 Å². The topological polar surface area (TPSA) is 37.3 Å². The normalized spacial score (nSPS) is 25.1. The molecular formula is C11H8F4O2. The molecule has 1 aliphatic rings. The number of hydrogen-bond donors (Lipinski definition) is 1. The van der Waals surface area contributed by atoms with Crippen molar-refractivity contribution in [1.29, 1.82) is 0 Å². The number of carbonyl (C=O) groups is 1. The molecule has 2 rings (SSSR count). The van der Waals surface area contributed by atoms with E-state index < -0.39 is 30.2 Å². The van der Waals surface area contributed by atoms with Gasteiger partial charge < -0.3 is 5.11 Å². The minimum Gasteiger partial charge on any atom is -0.478 e. The van der Waals surface area contributed by atoms with Crippen LogP contribution >= 0.6 is 0 Å². The van der Waals surface area contributed by atoms with Gasteiger partial charge in [-0.15, -0.1) is 0 Å². The highest BCUT2D eigenvalue weighted by atomic mass is 19.3. The quantitative estimate of drug-likeness (QED) is 0.816. The lowest BCUT2D eigenvalue weighted by Gasteiger charge is -2.44. The van der Waals surface area contributed by atoms with E-state index in [-0.39, 0.29) is 11.1 Å². The van der Waals surface area contributed by atoms with E-state index in [2.05, 4.69) is 0 Å². The molecule has 1 aromatic carbocycles. The molecule has 0 bridgehead atoms. The number of carboxylic acid groups (broad SMARTS) is 1. The Kier molecular flexibility index (Phi) is 2.41. The highest BCUT2D eigenvalue weighted by Crippen LogP contribution is 2.59. The lowest BCUT2D eigenvalue weighted by molar-refractivity contribution is -0.290. The van der Waals surface area contributed by atoms with Gasteiger partial charge >= 0.3 is 17.8 Å². The fraction of sp³-hybridized carbons (Fsp3) is 0.364. The zero-order valence-electron chi connectivity index (χ0n) is 8.46. The van der Waals surface area contributed by atoms with E-state index in [9.17, 15) is 22.4 Å². The molecule has 1 aromatic rings. The third-order valence-corrected chi connectivity index (χ3v) is 2.95. The summed E-state index contributed by atoms with van der Waals surface area (Å²) >= 11 is 0. The van der Waals surface area contributed by atoms with E-state index in [1.54, 1.807) is 0 Å². The van der Waals surface area contributed by atoms with Gasteiger partial charge in [-0.2, -0.15) is 17.6 Å². The molecule has 2 nitrogen and oxygen atoms in total. The summed E-state index contributed by atoms with van der Waals surface area (Å²) in [6.45, 7) is 0. The molecule has 0 aromatic heterocycles. The number of benzene rings is 1. The molecule has 0 radical (unpaired) electrons. The Labute approximate surface area is 93.9 Å². The van der Waals surface area contributed by atoms with Gasteiger partial charge in [-0.25, -0.2) is 4.79 Å². The predicted molar refractivity (Wildman–Crippen MR) is 50.7 cm³/mol. The van der Waals surface area contributed by atoms with Crippen LogP contribution < -0.4 is 0 Å². The summed E-state index contributed by atoms with van der Waals surface area (Å²) in [7, 11) is 0. The van der Waals surface area contributed by atoms with Gasteiger partial charge in [-0.1, -0.05) is 12.1 Å². The first-order chi connectivity index (χ1) is 7.75. The molecule has 0 aliphatic heterocycles. The summed E-state index contributed by atoms with van der Waals surface area (Å²) in [6, 6.07) is 4.56. The highest BCUT2D eigenvalue weighted by molar-refractivity contribution is 5.87. The largest absolute Gasteiger partial charge is 0.478 e. The first-order valence-electron chi connectivity index (χ1n) is 4.84. The first kappa shape index (κ1) is 11.9. The number of alkyl halides is 4. The maximum atomic E-state index is 13.1. The van der Waals surface area contributed by atoms with Gasteiger partial charge in [-0.3, -0.25) is 0 Å².